The Balaban J connectivity index is 2.04. The van der Waals surface area contributed by atoms with Crippen molar-refractivity contribution in [2.75, 3.05) is 6.54 Å². The molecule has 1 N–H and O–H groups in total. The summed E-state index contributed by atoms with van der Waals surface area (Å²) in [5, 5.41) is 3.90. The molecule has 16 heavy (non-hydrogen) atoms. The molecule has 1 nitrogen and oxygen atoms in total. The molecule has 1 heterocycles. The van der Waals surface area contributed by atoms with Gasteiger partial charge in [0.1, 0.15) is 0 Å². The van der Waals surface area contributed by atoms with Gasteiger partial charge in [-0.3, -0.25) is 0 Å². The fourth-order valence-electron chi connectivity index (χ4n) is 4.08. The summed E-state index contributed by atoms with van der Waals surface area (Å²) in [6.07, 6.45) is 13.1. The van der Waals surface area contributed by atoms with Crippen LogP contribution in [0.2, 0.25) is 0 Å². The Kier molecular flexibility index (Phi) is 4.29. The highest BCUT2D eigenvalue weighted by atomic mass is 15.0. The second-order valence-corrected chi connectivity index (χ2v) is 6.47. The van der Waals surface area contributed by atoms with Gasteiger partial charge in [0.15, 0.2) is 0 Å². The van der Waals surface area contributed by atoms with E-state index in [1.54, 1.807) is 0 Å². The largest absolute Gasteiger partial charge is 0.311 e. The molecule has 1 atom stereocenters. The van der Waals surface area contributed by atoms with Gasteiger partial charge in [-0.25, -0.2) is 0 Å². The smallest absolute Gasteiger partial charge is 0.0212 e. The summed E-state index contributed by atoms with van der Waals surface area (Å²) in [6.45, 7) is 6.04. The summed E-state index contributed by atoms with van der Waals surface area (Å²) >= 11 is 0. The van der Waals surface area contributed by atoms with Gasteiger partial charge in [0, 0.05) is 5.54 Å². The molecule has 1 unspecified atom stereocenters. The molecule has 1 aliphatic heterocycles. The van der Waals surface area contributed by atoms with Crippen LogP contribution in [0.25, 0.3) is 0 Å². The van der Waals surface area contributed by atoms with E-state index in [9.17, 15) is 0 Å². The van der Waals surface area contributed by atoms with Gasteiger partial charge in [-0.15, -0.1) is 0 Å². The first kappa shape index (κ1) is 12.4. The summed E-state index contributed by atoms with van der Waals surface area (Å²) in [5.74, 6) is 1.81. The topological polar surface area (TPSA) is 12.0 Å². The van der Waals surface area contributed by atoms with Gasteiger partial charge < -0.3 is 5.32 Å². The van der Waals surface area contributed by atoms with E-state index in [0.717, 1.165) is 11.8 Å². The highest BCUT2D eigenvalue weighted by Gasteiger charge is 2.40. The fourth-order valence-corrected chi connectivity index (χ4v) is 4.08. The molecule has 2 aliphatic rings. The second kappa shape index (κ2) is 5.53. The van der Waals surface area contributed by atoms with Crippen LogP contribution in [0.5, 0.6) is 0 Å². The van der Waals surface area contributed by atoms with Crippen LogP contribution in [0.4, 0.5) is 0 Å². The van der Waals surface area contributed by atoms with Crippen LogP contribution in [0.1, 0.15) is 71.6 Å². The van der Waals surface area contributed by atoms with Crippen molar-refractivity contribution in [2.45, 2.75) is 77.2 Å². The first-order valence-corrected chi connectivity index (χ1v) is 7.48. The van der Waals surface area contributed by atoms with Crippen LogP contribution >= 0.6 is 0 Å². The lowest BCUT2D eigenvalue weighted by atomic mass is 9.73. The summed E-state index contributed by atoms with van der Waals surface area (Å²) in [6, 6.07) is 0. The Bertz CT molecular complexity index is 195. The van der Waals surface area contributed by atoms with Gasteiger partial charge in [0.2, 0.25) is 0 Å². The Morgan fingerprint density at radius 1 is 1.06 bits per heavy atom. The van der Waals surface area contributed by atoms with Crippen molar-refractivity contribution < 1.29 is 0 Å². The summed E-state index contributed by atoms with van der Waals surface area (Å²) in [4.78, 5) is 0. The van der Waals surface area contributed by atoms with E-state index >= 15 is 0 Å². The number of hydrogen-bond donors (Lipinski definition) is 1. The van der Waals surface area contributed by atoms with Gasteiger partial charge in [-0.05, 0) is 50.5 Å². The molecular weight excluding hydrogens is 194 g/mol. The fraction of sp³-hybridized carbons (Fsp3) is 1.00. The van der Waals surface area contributed by atoms with Crippen molar-refractivity contribution in [1.82, 2.24) is 5.32 Å². The molecule has 2 rings (SSSR count). The third-order valence-electron chi connectivity index (χ3n) is 4.69. The minimum atomic E-state index is 0.526. The first-order valence-electron chi connectivity index (χ1n) is 7.48. The Hall–Kier alpha value is -0.0400. The minimum Gasteiger partial charge on any atom is -0.311 e. The van der Waals surface area contributed by atoms with Crippen LogP contribution in [-0.2, 0) is 0 Å². The van der Waals surface area contributed by atoms with Crippen LogP contribution < -0.4 is 5.32 Å². The van der Waals surface area contributed by atoms with Crippen molar-refractivity contribution >= 4 is 0 Å². The van der Waals surface area contributed by atoms with E-state index in [2.05, 4.69) is 19.2 Å². The molecule has 0 aromatic carbocycles. The minimum absolute atomic E-state index is 0.526. The van der Waals surface area contributed by atoms with Crippen LogP contribution in [0.3, 0.4) is 0 Å². The van der Waals surface area contributed by atoms with Crippen LogP contribution in [-0.4, -0.2) is 12.1 Å². The summed E-state index contributed by atoms with van der Waals surface area (Å²) < 4.78 is 0. The van der Waals surface area contributed by atoms with E-state index in [4.69, 9.17) is 0 Å². The molecule has 0 aromatic heterocycles. The van der Waals surface area contributed by atoms with Crippen molar-refractivity contribution in [3.8, 4) is 0 Å². The lowest BCUT2D eigenvalue weighted by Crippen LogP contribution is -2.47. The molecule has 0 radical (unpaired) electrons. The van der Waals surface area contributed by atoms with E-state index in [-0.39, 0.29) is 0 Å². The molecule has 2 fully saturated rings. The van der Waals surface area contributed by atoms with Crippen LogP contribution in [0, 0.1) is 11.8 Å². The predicted molar refractivity (Wildman–Crippen MR) is 70.6 cm³/mol. The average Bonchev–Trinajstić information content (AvgIpc) is 2.54. The monoisotopic (exact) mass is 223 g/mol. The maximum Gasteiger partial charge on any atom is 0.0212 e. The zero-order chi connectivity index (χ0) is 11.4. The Morgan fingerprint density at radius 3 is 2.25 bits per heavy atom. The second-order valence-electron chi connectivity index (χ2n) is 6.47. The normalized spacial score (nSPS) is 33.2. The SMILES string of the molecule is CC(C)CC1(C2CCCCCC2)CCCN1. The maximum atomic E-state index is 3.90. The zero-order valence-corrected chi connectivity index (χ0v) is 11.2. The average molecular weight is 223 g/mol. The summed E-state index contributed by atoms with van der Waals surface area (Å²) in [7, 11) is 0. The van der Waals surface area contributed by atoms with E-state index in [1.807, 2.05) is 0 Å². The molecule has 1 aliphatic carbocycles. The van der Waals surface area contributed by atoms with Crippen LogP contribution in [0.15, 0.2) is 0 Å². The third-order valence-corrected chi connectivity index (χ3v) is 4.69. The molecular formula is C15H29N. The molecule has 0 amide bonds. The van der Waals surface area contributed by atoms with E-state index in [1.165, 1.54) is 64.3 Å². The highest BCUT2D eigenvalue weighted by molar-refractivity contribution is 4.99. The quantitative estimate of drug-likeness (QED) is 0.710. The van der Waals surface area contributed by atoms with Gasteiger partial charge in [0.25, 0.3) is 0 Å². The van der Waals surface area contributed by atoms with Crippen molar-refractivity contribution in [1.29, 1.82) is 0 Å². The third kappa shape index (κ3) is 2.80. The molecule has 0 bridgehead atoms. The lowest BCUT2D eigenvalue weighted by Gasteiger charge is -2.39. The van der Waals surface area contributed by atoms with Crippen molar-refractivity contribution in [2.24, 2.45) is 11.8 Å². The van der Waals surface area contributed by atoms with Gasteiger partial charge >= 0.3 is 0 Å². The van der Waals surface area contributed by atoms with E-state index in [0.29, 0.717) is 5.54 Å². The van der Waals surface area contributed by atoms with E-state index < -0.39 is 0 Å². The highest BCUT2D eigenvalue weighted by Crippen LogP contribution is 2.40. The predicted octanol–water partition coefficient (Wildman–Crippen LogP) is 4.13. The first-order chi connectivity index (χ1) is 7.73. The van der Waals surface area contributed by atoms with Crippen molar-refractivity contribution in [3.63, 3.8) is 0 Å². The standard InChI is InChI=1S/C15H29N/c1-13(2)12-15(10-7-11-16-15)14-8-5-3-4-6-9-14/h13-14,16H,3-12H2,1-2H3. The summed E-state index contributed by atoms with van der Waals surface area (Å²) in [5.41, 5.74) is 0.526. The molecule has 1 saturated heterocycles. The number of rotatable bonds is 3. The lowest BCUT2D eigenvalue weighted by molar-refractivity contribution is 0.178. The van der Waals surface area contributed by atoms with Gasteiger partial charge in [-0.1, -0.05) is 39.5 Å². The molecule has 0 aromatic rings. The Morgan fingerprint density at radius 2 is 1.75 bits per heavy atom. The molecule has 94 valence electrons. The number of hydrogen-bond acceptors (Lipinski definition) is 1. The zero-order valence-electron chi connectivity index (χ0n) is 11.2. The van der Waals surface area contributed by atoms with Gasteiger partial charge in [-0.2, -0.15) is 0 Å². The molecule has 1 heteroatoms. The van der Waals surface area contributed by atoms with Gasteiger partial charge in [0.05, 0.1) is 0 Å². The van der Waals surface area contributed by atoms with Crippen molar-refractivity contribution in [3.05, 3.63) is 0 Å². The Labute approximate surface area is 101 Å². The molecule has 0 spiro atoms. The molecule has 1 saturated carbocycles. The maximum absolute atomic E-state index is 3.90. The number of nitrogens with one attached hydrogen (secondary N) is 1.